The molecule has 1 saturated carbocycles. The number of nitrogens with zero attached hydrogens (tertiary/aromatic N) is 2. The number of carbonyl (C=O) groups is 2. The molecule has 152 valence electrons. The largest absolute Gasteiger partial charge is 0.373 e. The molecule has 2 amide bonds. The summed E-state index contributed by atoms with van der Waals surface area (Å²) in [6.07, 6.45) is 4.27. The molecule has 3 unspecified atom stereocenters. The third-order valence-corrected chi connectivity index (χ3v) is 5.84. The van der Waals surface area contributed by atoms with Crippen LogP contribution in [0.2, 0.25) is 0 Å². The number of hydrogen-bond donors (Lipinski definition) is 1. The summed E-state index contributed by atoms with van der Waals surface area (Å²) >= 11 is 0. The molecule has 6 nitrogen and oxygen atoms in total. The molecule has 6 heteroatoms. The molecule has 3 aliphatic rings. The maximum atomic E-state index is 13.0. The molecule has 2 saturated heterocycles. The van der Waals surface area contributed by atoms with Crippen LogP contribution in [0.4, 0.5) is 0 Å². The normalized spacial score (nSPS) is 28.4. The van der Waals surface area contributed by atoms with Crippen molar-refractivity contribution in [1.82, 2.24) is 15.1 Å². The van der Waals surface area contributed by atoms with Crippen molar-refractivity contribution in [3.8, 4) is 0 Å². The van der Waals surface area contributed by atoms with Crippen LogP contribution in [0, 0.1) is 0 Å². The molecule has 2 aliphatic heterocycles. The number of benzene rings is 1. The fourth-order valence-corrected chi connectivity index (χ4v) is 4.40. The van der Waals surface area contributed by atoms with E-state index in [1.54, 1.807) is 4.90 Å². The van der Waals surface area contributed by atoms with E-state index in [1.807, 2.05) is 24.3 Å². The van der Waals surface area contributed by atoms with E-state index in [0.29, 0.717) is 18.2 Å². The fraction of sp³-hybridized carbons (Fsp3) is 0.636. The quantitative estimate of drug-likeness (QED) is 0.844. The first-order valence-electron chi connectivity index (χ1n) is 10.6. The van der Waals surface area contributed by atoms with Crippen LogP contribution in [-0.4, -0.2) is 65.5 Å². The van der Waals surface area contributed by atoms with Crippen LogP contribution in [0.3, 0.4) is 0 Å². The molecule has 3 atom stereocenters. The summed E-state index contributed by atoms with van der Waals surface area (Å²) < 4.78 is 5.79. The highest BCUT2D eigenvalue weighted by atomic mass is 16.5. The van der Waals surface area contributed by atoms with Crippen LogP contribution >= 0.6 is 0 Å². The summed E-state index contributed by atoms with van der Waals surface area (Å²) in [6.45, 7) is 7.59. The maximum absolute atomic E-state index is 13.0. The second-order valence-corrected chi connectivity index (χ2v) is 8.59. The van der Waals surface area contributed by atoms with Gasteiger partial charge in [0.15, 0.2) is 0 Å². The van der Waals surface area contributed by atoms with E-state index < -0.39 is 0 Å². The molecule has 2 heterocycles. The number of amides is 2. The Bertz CT molecular complexity index is 706. The summed E-state index contributed by atoms with van der Waals surface area (Å²) in [5, 5.41) is 3.05. The van der Waals surface area contributed by atoms with Crippen LogP contribution < -0.4 is 5.32 Å². The monoisotopic (exact) mass is 385 g/mol. The van der Waals surface area contributed by atoms with E-state index in [4.69, 9.17) is 4.74 Å². The minimum atomic E-state index is -0.316. The summed E-state index contributed by atoms with van der Waals surface area (Å²) in [6, 6.07) is 7.89. The summed E-state index contributed by atoms with van der Waals surface area (Å²) in [4.78, 5) is 29.6. The Labute approximate surface area is 167 Å². The Morgan fingerprint density at radius 3 is 2.39 bits per heavy atom. The highest BCUT2D eigenvalue weighted by molar-refractivity contribution is 5.98. The van der Waals surface area contributed by atoms with Gasteiger partial charge < -0.3 is 15.0 Å². The molecule has 0 aromatic heterocycles. The van der Waals surface area contributed by atoms with Crippen molar-refractivity contribution >= 4 is 11.8 Å². The second kappa shape index (κ2) is 8.21. The second-order valence-electron chi connectivity index (χ2n) is 8.59. The molecule has 1 aromatic carbocycles. The minimum absolute atomic E-state index is 0.0144. The molecule has 4 rings (SSSR count). The smallest absolute Gasteiger partial charge is 0.254 e. The third kappa shape index (κ3) is 4.55. The van der Waals surface area contributed by atoms with E-state index in [1.165, 1.54) is 5.56 Å². The Morgan fingerprint density at radius 2 is 1.75 bits per heavy atom. The zero-order valence-corrected chi connectivity index (χ0v) is 16.9. The Hall–Kier alpha value is -1.92. The highest BCUT2D eigenvalue weighted by Crippen LogP contribution is 2.24. The van der Waals surface area contributed by atoms with Gasteiger partial charge in [0.05, 0.1) is 12.2 Å². The van der Waals surface area contributed by atoms with E-state index in [2.05, 4.69) is 24.1 Å². The lowest BCUT2D eigenvalue weighted by Crippen LogP contribution is -2.46. The van der Waals surface area contributed by atoms with E-state index in [0.717, 1.165) is 45.3 Å². The summed E-state index contributed by atoms with van der Waals surface area (Å²) in [7, 11) is 0. The Kier molecular flexibility index (Phi) is 5.69. The lowest BCUT2D eigenvalue weighted by Gasteiger charge is -2.35. The van der Waals surface area contributed by atoms with Gasteiger partial charge in [0.25, 0.3) is 5.91 Å². The van der Waals surface area contributed by atoms with Gasteiger partial charge in [-0.1, -0.05) is 12.1 Å². The topological polar surface area (TPSA) is 61.9 Å². The lowest BCUT2D eigenvalue weighted by molar-refractivity contribution is -0.125. The lowest BCUT2D eigenvalue weighted by atomic mass is 10.1. The predicted octanol–water partition coefficient (Wildman–Crippen LogP) is 2.18. The zero-order chi connectivity index (χ0) is 19.7. The fourth-order valence-electron chi connectivity index (χ4n) is 4.40. The van der Waals surface area contributed by atoms with Crippen molar-refractivity contribution in [2.24, 2.45) is 0 Å². The minimum Gasteiger partial charge on any atom is -0.373 e. The highest BCUT2D eigenvalue weighted by Gasteiger charge is 2.36. The number of carbonyl (C=O) groups excluding carboxylic acids is 2. The summed E-state index contributed by atoms with van der Waals surface area (Å²) in [5.74, 6) is -0.0193. The molecule has 3 fully saturated rings. The van der Waals surface area contributed by atoms with E-state index in [-0.39, 0.29) is 30.1 Å². The van der Waals surface area contributed by atoms with E-state index >= 15 is 0 Å². The van der Waals surface area contributed by atoms with Crippen LogP contribution in [0.5, 0.6) is 0 Å². The summed E-state index contributed by atoms with van der Waals surface area (Å²) in [5.41, 5.74) is 1.86. The molecule has 1 aliphatic carbocycles. The molecule has 28 heavy (non-hydrogen) atoms. The molecular formula is C22H31N3O3. The first kappa shape index (κ1) is 19.4. The van der Waals surface area contributed by atoms with Crippen LogP contribution in [0.15, 0.2) is 24.3 Å². The van der Waals surface area contributed by atoms with Gasteiger partial charge >= 0.3 is 0 Å². The standard InChI is InChI=1S/C22H31N3O3/c1-15-12-24(13-16(2)28-15)14-17-5-7-18(8-6-17)22(27)25-11-3-4-20(25)21(26)23-19-9-10-19/h5-8,15-16,19-20H,3-4,9-14H2,1-2H3,(H,23,26). The average molecular weight is 386 g/mol. The van der Waals surface area contributed by atoms with Crippen LogP contribution in [0.25, 0.3) is 0 Å². The van der Waals surface area contributed by atoms with Crippen molar-refractivity contribution in [3.63, 3.8) is 0 Å². The molecule has 0 spiro atoms. The molecule has 1 N–H and O–H groups in total. The van der Waals surface area contributed by atoms with Gasteiger partial charge in [-0.25, -0.2) is 0 Å². The van der Waals surface area contributed by atoms with Crippen molar-refractivity contribution in [3.05, 3.63) is 35.4 Å². The van der Waals surface area contributed by atoms with Gasteiger partial charge in [-0.05, 0) is 57.2 Å². The third-order valence-electron chi connectivity index (χ3n) is 5.84. The first-order chi connectivity index (χ1) is 13.5. The molecular weight excluding hydrogens is 354 g/mol. The van der Waals surface area contributed by atoms with Gasteiger partial charge in [-0.3, -0.25) is 14.5 Å². The predicted molar refractivity (Wildman–Crippen MR) is 107 cm³/mol. The maximum Gasteiger partial charge on any atom is 0.254 e. The number of rotatable bonds is 5. The number of nitrogens with one attached hydrogen (secondary N) is 1. The van der Waals surface area contributed by atoms with Gasteiger partial charge in [-0.15, -0.1) is 0 Å². The van der Waals surface area contributed by atoms with Crippen molar-refractivity contribution in [2.45, 2.75) is 70.4 Å². The SMILES string of the molecule is CC1CN(Cc2ccc(C(=O)N3CCCC3C(=O)NC3CC3)cc2)CC(C)O1. The van der Waals surface area contributed by atoms with Gasteiger partial charge in [0.1, 0.15) is 6.04 Å². The van der Waals surface area contributed by atoms with Crippen LogP contribution in [0.1, 0.15) is 55.5 Å². The number of likely N-dealkylation sites (tertiary alicyclic amines) is 1. The van der Waals surface area contributed by atoms with E-state index in [9.17, 15) is 9.59 Å². The molecule has 0 radical (unpaired) electrons. The first-order valence-corrected chi connectivity index (χ1v) is 10.6. The van der Waals surface area contributed by atoms with Gasteiger partial charge in [-0.2, -0.15) is 0 Å². The Balaban J connectivity index is 1.37. The average Bonchev–Trinajstić information content (AvgIpc) is 3.32. The van der Waals surface area contributed by atoms with Crippen molar-refractivity contribution in [2.75, 3.05) is 19.6 Å². The van der Waals surface area contributed by atoms with Gasteiger partial charge in [0, 0.05) is 37.8 Å². The molecule has 1 aromatic rings. The molecule has 0 bridgehead atoms. The zero-order valence-electron chi connectivity index (χ0n) is 16.9. The van der Waals surface area contributed by atoms with Crippen LogP contribution in [-0.2, 0) is 16.1 Å². The number of hydrogen-bond acceptors (Lipinski definition) is 4. The van der Waals surface area contributed by atoms with Gasteiger partial charge in [0.2, 0.25) is 5.91 Å². The van der Waals surface area contributed by atoms with Crippen molar-refractivity contribution < 1.29 is 14.3 Å². The Morgan fingerprint density at radius 1 is 1.07 bits per heavy atom. The number of morpholine rings is 1. The number of ether oxygens (including phenoxy) is 1. The van der Waals surface area contributed by atoms with Crippen molar-refractivity contribution in [1.29, 1.82) is 0 Å².